The summed E-state index contributed by atoms with van der Waals surface area (Å²) in [5, 5.41) is 4.98. The van der Waals surface area contributed by atoms with Gasteiger partial charge in [-0.15, -0.1) is 0 Å². The van der Waals surface area contributed by atoms with Crippen LogP contribution in [0.3, 0.4) is 0 Å². The van der Waals surface area contributed by atoms with Gasteiger partial charge in [0, 0.05) is 39.3 Å². The summed E-state index contributed by atoms with van der Waals surface area (Å²) in [6.07, 6.45) is 7.25. The average Bonchev–Trinajstić information content (AvgIpc) is 3.80. The van der Waals surface area contributed by atoms with Crippen LogP contribution in [-0.4, -0.2) is 4.57 Å². The molecule has 2 heteroatoms. The van der Waals surface area contributed by atoms with E-state index in [9.17, 15) is 0 Å². The van der Waals surface area contributed by atoms with Crippen molar-refractivity contribution >= 4 is 44.0 Å². The fraction of sp³-hybridized carbons (Fsp3) is 0.0423. The first-order valence-electron chi connectivity index (χ1n) is 25.4. The molecule has 1 heterocycles. The van der Waals surface area contributed by atoms with E-state index in [-0.39, 0.29) is 11.8 Å². The Morgan fingerprint density at radius 1 is 0.384 bits per heavy atom. The molecule has 2 unspecified atom stereocenters. The highest BCUT2D eigenvalue weighted by atomic mass is 15.1. The van der Waals surface area contributed by atoms with Crippen LogP contribution < -0.4 is 4.90 Å². The van der Waals surface area contributed by atoms with E-state index < -0.39 is 0 Å². The van der Waals surface area contributed by atoms with E-state index in [0.29, 0.717) is 0 Å². The topological polar surface area (TPSA) is 8.17 Å². The summed E-state index contributed by atoms with van der Waals surface area (Å²) in [4.78, 5) is 2.48. The van der Waals surface area contributed by atoms with Gasteiger partial charge in [-0.05, 0) is 127 Å². The van der Waals surface area contributed by atoms with Crippen LogP contribution >= 0.6 is 0 Å². The van der Waals surface area contributed by atoms with Crippen molar-refractivity contribution in [3.05, 3.63) is 296 Å². The molecule has 12 aromatic rings. The van der Waals surface area contributed by atoms with Crippen LogP contribution in [0.5, 0.6) is 0 Å². The monoisotopic (exact) mass is 932 g/mol. The highest BCUT2D eigenvalue weighted by Crippen LogP contribution is 2.46. The lowest BCUT2D eigenvalue weighted by atomic mass is 9.82. The minimum Gasteiger partial charge on any atom is -0.310 e. The predicted octanol–water partition coefficient (Wildman–Crippen LogP) is 19.3. The summed E-state index contributed by atoms with van der Waals surface area (Å²) >= 11 is 0. The second-order valence-corrected chi connectivity index (χ2v) is 19.3. The van der Waals surface area contributed by atoms with Gasteiger partial charge in [0.2, 0.25) is 0 Å². The largest absolute Gasteiger partial charge is 0.310 e. The van der Waals surface area contributed by atoms with Crippen LogP contribution in [0, 0.1) is 5.92 Å². The van der Waals surface area contributed by atoms with Crippen LogP contribution in [0.1, 0.15) is 18.4 Å². The molecule has 1 aromatic heterocycles. The van der Waals surface area contributed by atoms with E-state index >= 15 is 0 Å². The van der Waals surface area contributed by atoms with Crippen LogP contribution in [0.2, 0.25) is 0 Å². The van der Waals surface area contributed by atoms with Crippen molar-refractivity contribution in [2.45, 2.75) is 12.8 Å². The van der Waals surface area contributed by atoms with E-state index in [1.54, 1.807) is 0 Å². The number of allylic oxidation sites excluding steroid dienone is 3. The van der Waals surface area contributed by atoms with Gasteiger partial charge >= 0.3 is 0 Å². The minimum absolute atomic E-state index is 0.223. The molecule has 11 aromatic carbocycles. The number of fused-ring (bicyclic) bond motifs is 4. The SMILES string of the molecule is CC1C=C(N(c2cccc(-c3cc(-c4ccccc4)cc4c3c3ccc(-c5ccccc5)cc3n4-c3ccccc3)c2)c2ccccc2-c2ccccc2)C=CC1c1ccc(-c2cccc3ccccc23)cc1. The number of hydrogen-bond acceptors (Lipinski definition) is 1. The summed E-state index contributed by atoms with van der Waals surface area (Å²) in [7, 11) is 0. The van der Waals surface area contributed by atoms with Crippen LogP contribution in [-0.2, 0) is 0 Å². The molecule has 0 N–H and O–H groups in total. The van der Waals surface area contributed by atoms with Crippen LogP contribution in [0.25, 0.3) is 93.9 Å². The van der Waals surface area contributed by atoms with Crippen LogP contribution in [0.4, 0.5) is 11.4 Å². The molecule has 0 bridgehead atoms. The predicted molar refractivity (Wildman–Crippen MR) is 310 cm³/mol. The normalized spacial score (nSPS) is 14.4. The van der Waals surface area contributed by atoms with Crippen molar-refractivity contribution in [1.82, 2.24) is 4.57 Å². The molecule has 2 nitrogen and oxygen atoms in total. The Hall–Kier alpha value is -9.24. The number of para-hydroxylation sites is 2. The summed E-state index contributed by atoms with van der Waals surface area (Å²) in [5.74, 6) is 0.450. The smallest absolute Gasteiger partial charge is 0.0553 e. The molecule has 1 aliphatic carbocycles. The van der Waals surface area contributed by atoms with Gasteiger partial charge in [0.05, 0.1) is 16.7 Å². The minimum atomic E-state index is 0.223. The highest BCUT2D eigenvalue weighted by Gasteiger charge is 2.26. The fourth-order valence-corrected chi connectivity index (χ4v) is 11.3. The maximum atomic E-state index is 2.48. The lowest BCUT2D eigenvalue weighted by Gasteiger charge is -2.33. The molecule has 13 rings (SSSR count). The van der Waals surface area contributed by atoms with Gasteiger partial charge in [0.25, 0.3) is 0 Å². The van der Waals surface area contributed by atoms with E-state index in [2.05, 4.69) is 302 Å². The second kappa shape index (κ2) is 18.8. The third-order valence-electron chi connectivity index (χ3n) is 14.9. The van der Waals surface area contributed by atoms with Gasteiger partial charge in [0.15, 0.2) is 0 Å². The third-order valence-corrected chi connectivity index (χ3v) is 14.9. The zero-order valence-electron chi connectivity index (χ0n) is 40.7. The Bertz CT molecular complexity index is 4010. The lowest BCUT2D eigenvalue weighted by molar-refractivity contribution is 0.628. The molecular formula is C71H52N2. The number of hydrogen-bond donors (Lipinski definition) is 0. The van der Waals surface area contributed by atoms with Gasteiger partial charge < -0.3 is 9.47 Å². The molecule has 0 radical (unpaired) electrons. The van der Waals surface area contributed by atoms with Gasteiger partial charge in [0.1, 0.15) is 0 Å². The molecule has 2 atom stereocenters. The molecule has 1 aliphatic rings. The first kappa shape index (κ1) is 43.8. The average molecular weight is 933 g/mol. The Kier molecular flexibility index (Phi) is 11.3. The standard InChI is InChI=1S/C71H52N2/c1-49-44-61(41-43-62(49)54-36-38-55(39-37-54)64-34-19-27-52-26-14-15-32-63(52)64)72(68-35-17-16-33-65(68)53-24-10-4-11-25-53)60-31-18-28-57(45-60)67-46-58(51-22-8-3-9-23-51)48-70-71(67)66-42-40-56(50-20-6-2-7-21-50)47-69(66)73(70)59-29-12-5-13-30-59/h2-49,62H,1H3. The molecule has 0 fully saturated rings. The Morgan fingerprint density at radius 3 is 1.71 bits per heavy atom. The summed E-state index contributed by atoms with van der Waals surface area (Å²) in [6.45, 7) is 2.36. The Balaban J connectivity index is 0.969. The van der Waals surface area contributed by atoms with Gasteiger partial charge in [-0.25, -0.2) is 0 Å². The van der Waals surface area contributed by atoms with E-state index in [0.717, 1.165) is 28.3 Å². The maximum absolute atomic E-state index is 2.48. The molecule has 0 aliphatic heterocycles. The first-order valence-corrected chi connectivity index (χ1v) is 25.4. The lowest BCUT2D eigenvalue weighted by Crippen LogP contribution is -2.20. The third kappa shape index (κ3) is 8.14. The van der Waals surface area contributed by atoms with E-state index in [1.165, 1.54) is 88.2 Å². The Labute approximate surface area is 427 Å². The van der Waals surface area contributed by atoms with Crippen molar-refractivity contribution in [2.24, 2.45) is 5.92 Å². The van der Waals surface area contributed by atoms with Crippen molar-refractivity contribution in [3.63, 3.8) is 0 Å². The molecule has 0 saturated heterocycles. The number of anilines is 2. The van der Waals surface area contributed by atoms with Crippen molar-refractivity contribution in [1.29, 1.82) is 0 Å². The maximum Gasteiger partial charge on any atom is 0.0553 e. The number of nitrogens with zero attached hydrogens (tertiary/aromatic N) is 2. The summed E-state index contributed by atoms with van der Waals surface area (Å²) in [5.41, 5.74) is 20.1. The summed E-state index contributed by atoms with van der Waals surface area (Å²) in [6, 6.07) is 97.6. The molecule has 346 valence electrons. The van der Waals surface area contributed by atoms with Crippen molar-refractivity contribution < 1.29 is 0 Å². The zero-order valence-corrected chi connectivity index (χ0v) is 40.7. The van der Waals surface area contributed by atoms with Gasteiger partial charge in [-0.1, -0.05) is 237 Å². The van der Waals surface area contributed by atoms with Gasteiger partial charge in [-0.2, -0.15) is 0 Å². The number of aromatic nitrogens is 1. The van der Waals surface area contributed by atoms with E-state index in [1.807, 2.05) is 0 Å². The van der Waals surface area contributed by atoms with Crippen LogP contribution in [0.15, 0.2) is 291 Å². The summed E-state index contributed by atoms with van der Waals surface area (Å²) < 4.78 is 2.46. The zero-order chi connectivity index (χ0) is 48.7. The molecule has 0 amide bonds. The molecule has 73 heavy (non-hydrogen) atoms. The van der Waals surface area contributed by atoms with E-state index in [4.69, 9.17) is 0 Å². The number of benzene rings is 11. The highest BCUT2D eigenvalue weighted by molar-refractivity contribution is 6.17. The number of rotatable bonds is 10. The molecule has 0 saturated carbocycles. The Morgan fingerprint density at radius 2 is 0.959 bits per heavy atom. The molecular weight excluding hydrogens is 881 g/mol. The van der Waals surface area contributed by atoms with Gasteiger partial charge in [-0.3, -0.25) is 0 Å². The first-order chi connectivity index (χ1) is 36.1. The van der Waals surface area contributed by atoms with Crippen molar-refractivity contribution in [2.75, 3.05) is 4.90 Å². The second-order valence-electron chi connectivity index (χ2n) is 19.3. The quantitative estimate of drug-likeness (QED) is 0.133. The van der Waals surface area contributed by atoms with Crippen molar-refractivity contribution in [3.8, 4) is 61.3 Å². The fourth-order valence-electron chi connectivity index (χ4n) is 11.3. The molecule has 0 spiro atoms.